The van der Waals surface area contributed by atoms with E-state index in [4.69, 9.17) is 15.7 Å². The van der Waals surface area contributed by atoms with E-state index in [0.29, 0.717) is 0 Å². The first-order chi connectivity index (χ1) is 5.81. The number of carboxylic acids is 1. The minimum atomic E-state index is -3.84. The third kappa shape index (κ3) is 4.10. The summed E-state index contributed by atoms with van der Waals surface area (Å²) in [6.07, 6.45) is -0.135. The second-order valence-corrected chi connectivity index (χ2v) is 5.34. The Hall–Kier alpha value is -0.0700. The van der Waals surface area contributed by atoms with Crippen LogP contribution in [0.25, 0.3) is 0 Å². The number of aliphatic carboxylic acids is 1. The molecule has 4 N–H and O–H groups in total. The first-order valence-corrected chi connectivity index (χ1v) is 5.46. The third-order valence-corrected chi connectivity index (χ3v) is 3.85. The van der Waals surface area contributed by atoms with E-state index in [2.05, 4.69) is 16.9 Å². The Morgan fingerprint density at radius 1 is 1.77 bits per heavy atom. The fourth-order valence-electron chi connectivity index (χ4n) is 0.682. The predicted octanol–water partition coefficient (Wildman–Crippen LogP) is 0.224. The Morgan fingerprint density at radius 3 is 2.54 bits per heavy atom. The lowest BCUT2D eigenvalue weighted by atomic mass is 10.2. The molecule has 0 bridgehead atoms. The van der Waals surface area contributed by atoms with Crippen molar-refractivity contribution in [1.29, 1.82) is 0 Å². The van der Waals surface area contributed by atoms with Crippen LogP contribution in [0.4, 0.5) is 0 Å². The fourth-order valence-corrected chi connectivity index (χ4v) is 1.82. The van der Waals surface area contributed by atoms with E-state index < -0.39 is 25.3 Å². The van der Waals surface area contributed by atoms with Gasteiger partial charge >= 0.3 is 13.6 Å². The topological polar surface area (TPSA) is 110 Å². The molecule has 0 rings (SSSR count). The summed E-state index contributed by atoms with van der Waals surface area (Å²) >= 11 is 3.21. The van der Waals surface area contributed by atoms with Crippen molar-refractivity contribution in [3.05, 3.63) is 0 Å². The number of rotatable bonds is 5. The molecule has 0 aliphatic rings. The van der Waals surface area contributed by atoms with E-state index >= 15 is 0 Å². The zero-order valence-corrected chi connectivity index (χ0v) is 8.74. The second kappa shape index (κ2) is 4.97. The molecule has 6 nitrogen and oxygen atoms in total. The summed E-state index contributed by atoms with van der Waals surface area (Å²) in [5.41, 5.74) is 4.31. The molecule has 0 aromatic heterocycles. The summed E-state index contributed by atoms with van der Waals surface area (Å²) < 4.78 is 15.1. The number of carbonyl (C=O) groups is 1. The molecule has 0 aromatic rings. The van der Waals surface area contributed by atoms with Gasteiger partial charge in [0.25, 0.3) is 0 Å². The van der Waals surface area contributed by atoms with Crippen LogP contribution in [-0.2, 0) is 13.3 Å². The van der Waals surface area contributed by atoms with Gasteiger partial charge in [0.1, 0.15) is 6.04 Å². The summed E-state index contributed by atoms with van der Waals surface area (Å²) in [6, 6.07) is -1.17. The van der Waals surface area contributed by atoms with Crippen molar-refractivity contribution in [3.63, 3.8) is 0 Å². The van der Waals surface area contributed by atoms with Crippen LogP contribution in [0.5, 0.6) is 0 Å². The number of nitrogens with two attached hydrogens (primary N) is 1. The molecular weight excluding hydrogens is 217 g/mol. The van der Waals surface area contributed by atoms with Gasteiger partial charge in [0.2, 0.25) is 0 Å². The number of thiol groups is 1. The molecule has 0 amide bonds. The summed E-state index contributed by atoms with van der Waals surface area (Å²) in [7, 11) is -3.84. The Bertz CT molecular complexity index is 235. The molecule has 0 saturated carbocycles. The van der Waals surface area contributed by atoms with Crippen LogP contribution in [0.2, 0.25) is 0 Å². The summed E-state index contributed by atoms with van der Waals surface area (Å²) in [4.78, 5) is 19.3. The van der Waals surface area contributed by atoms with E-state index in [1.54, 1.807) is 0 Å². The van der Waals surface area contributed by atoms with Gasteiger partial charge in [-0.1, -0.05) is 6.92 Å². The predicted molar refractivity (Wildman–Crippen MR) is 49.6 cm³/mol. The molecule has 0 aliphatic heterocycles. The fraction of sp³-hybridized carbons (Fsp3) is 0.800. The van der Waals surface area contributed by atoms with E-state index in [0.717, 1.165) is 0 Å². The summed E-state index contributed by atoms with van der Waals surface area (Å²) in [6.45, 7) is 1.37. The van der Waals surface area contributed by atoms with E-state index in [1.807, 2.05) is 0 Å². The molecule has 78 valence electrons. The van der Waals surface area contributed by atoms with Gasteiger partial charge in [-0.15, -0.1) is 0 Å². The molecule has 0 spiro atoms. The highest BCUT2D eigenvalue weighted by Crippen LogP contribution is 2.49. The lowest BCUT2D eigenvalue weighted by Gasteiger charge is -2.17. The van der Waals surface area contributed by atoms with Crippen molar-refractivity contribution in [2.75, 3.05) is 0 Å². The maximum atomic E-state index is 11.0. The van der Waals surface area contributed by atoms with Crippen LogP contribution in [0, 0.1) is 0 Å². The minimum absolute atomic E-state index is 0.135. The number of hydrogen-bond donors (Lipinski definition) is 4. The van der Waals surface area contributed by atoms with Crippen LogP contribution < -0.4 is 5.73 Å². The zero-order chi connectivity index (χ0) is 10.6. The van der Waals surface area contributed by atoms with Gasteiger partial charge in [-0.2, -0.15) is 0 Å². The second-order valence-electron chi connectivity index (χ2n) is 2.68. The minimum Gasteiger partial charge on any atom is -0.480 e. The van der Waals surface area contributed by atoms with Gasteiger partial charge in [0, 0.05) is 0 Å². The van der Waals surface area contributed by atoms with Crippen molar-refractivity contribution < 1.29 is 23.3 Å². The normalized spacial score (nSPS) is 20.3. The third-order valence-electron chi connectivity index (χ3n) is 1.59. The van der Waals surface area contributed by atoms with E-state index in [-0.39, 0.29) is 6.42 Å². The van der Waals surface area contributed by atoms with Crippen LogP contribution in [0.3, 0.4) is 0 Å². The average molecular weight is 229 g/mol. The van der Waals surface area contributed by atoms with Crippen molar-refractivity contribution in [1.82, 2.24) is 0 Å². The lowest BCUT2D eigenvalue weighted by molar-refractivity contribution is -0.138. The number of hydrogen-bond acceptors (Lipinski definition) is 5. The average Bonchev–Trinajstić information content (AvgIpc) is 2.04. The maximum absolute atomic E-state index is 11.0. The smallest absolute Gasteiger partial charge is 0.341 e. The molecule has 13 heavy (non-hydrogen) atoms. The molecule has 0 radical (unpaired) electrons. The Balaban J connectivity index is 4.23. The molecule has 0 saturated heterocycles. The van der Waals surface area contributed by atoms with Crippen molar-refractivity contribution >= 4 is 26.5 Å². The zero-order valence-electron chi connectivity index (χ0n) is 6.95. The van der Waals surface area contributed by atoms with Gasteiger partial charge in [0.05, 0.1) is 5.66 Å². The van der Waals surface area contributed by atoms with Crippen LogP contribution >= 0.6 is 20.5 Å². The van der Waals surface area contributed by atoms with E-state index in [9.17, 15) is 9.36 Å². The quantitative estimate of drug-likeness (QED) is 0.305. The Morgan fingerprint density at radius 2 is 2.23 bits per heavy atom. The van der Waals surface area contributed by atoms with Gasteiger partial charge in [0.15, 0.2) is 0 Å². The molecular formula is C5H12NO5PS. The first-order valence-electron chi connectivity index (χ1n) is 3.45. The van der Waals surface area contributed by atoms with Gasteiger partial charge < -0.3 is 15.7 Å². The monoisotopic (exact) mass is 229 g/mol. The van der Waals surface area contributed by atoms with Crippen LogP contribution in [0.15, 0.2) is 0 Å². The molecule has 0 fully saturated rings. The largest absolute Gasteiger partial charge is 0.480 e. The standard InChI is InChI=1S/C5H12NO5PS/c1-3(12(9,10)11-13)2-4(6)5(7)8/h3-4,13H,2,6H2,1H3,(H,7,8)(H,9,10). The van der Waals surface area contributed by atoms with Crippen LogP contribution in [0.1, 0.15) is 13.3 Å². The molecule has 8 heteroatoms. The van der Waals surface area contributed by atoms with Gasteiger partial charge in [-0.25, -0.2) is 3.97 Å². The molecule has 0 aliphatic carbocycles. The van der Waals surface area contributed by atoms with E-state index in [1.165, 1.54) is 6.92 Å². The Labute approximate surface area is 81.2 Å². The SMILES string of the molecule is CC(CC(N)C(=O)O)P(=O)(O)OS. The van der Waals surface area contributed by atoms with Gasteiger partial charge in [-0.05, 0) is 19.3 Å². The highest BCUT2D eigenvalue weighted by molar-refractivity contribution is 7.81. The molecule has 3 atom stereocenters. The van der Waals surface area contributed by atoms with Gasteiger partial charge in [-0.3, -0.25) is 9.36 Å². The van der Waals surface area contributed by atoms with Crippen LogP contribution in [-0.4, -0.2) is 27.7 Å². The van der Waals surface area contributed by atoms with Crippen molar-refractivity contribution in [2.24, 2.45) is 5.73 Å². The molecule has 3 unspecified atom stereocenters. The highest BCUT2D eigenvalue weighted by Gasteiger charge is 2.31. The lowest BCUT2D eigenvalue weighted by Crippen LogP contribution is -2.33. The highest BCUT2D eigenvalue weighted by atomic mass is 32.1. The van der Waals surface area contributed by atoms with Crippen molar-refractivity contribution in [2.45, 2.75) is 25.0 Å². The maximum Gasteiger partial charge on any atom is 0.341 e. The molecule has 0 heterocycles. The summed E-state index contributed by atoms with van der Waals surface area (Å²) in [5.74, 6) is -1.22. The van der Waals surface area contributed by atoms with Crippen molar-refractivity contribution in [3.8, 4) is 0 Å². The Kier molecular flexibility index (Phi) is 4.95. The number of carboxylic acid groups (broad SMARTS) is 1. The molecule has 0 aromatic carbocycles. The first kappa shape index (κ1) is 12.9. The summed E-state index contributed by atoms with van der Waals surface area (Å²) in [5, 5.41) is 8.41.